The highest BCUT2D eigenvalue weighted by molar-refractivity contribution is 7.89. The zero-order valence-corrected chi connectivity index (χ0v) is 17.0. The van der Waals surface area contributed by atoms with Crippen molar-refractivity contribution in [3.63, 3.8) is 0 Å². The van der Waals surface area contributed by atoms with E-state index in [1.165, 1.54) is 24.4 Å². The van der Waals surface area contributed by atoms with E-state index in [1.807, 2.05) is 0 Å². The van der Waals surface area contributed by atoms with E-state index in [2.05, 4.69) is 10.1 Å². The van der Waals surface area contributed by atoms with Gasteiger partial charge in [-0.05, 0) is 19.8 Å². The van der Waals surface area contributed by atoms with Crippen LogP contribution in [0, 0.1) is 6.92 Å². The average molecular weight is 424 g/mol. The number of carbonyl (C=O) groups excluding carboxylic acids is 2. The predicted molar refractivity (Wildman–Crippen MR) is 100 cm³/mol. The molecule has 2 rings (SSSR count). The van der Waals surface area contributed by atoms with E-state index in [-0.39, 0.29) is 60.3 Å². The maximum Gasteiger partial charge on any atom is 0.373 e. The van der Waals surface area contributed by atoms with Crippen LogP contribution in [0.15, 0.2) is 15.4 Å². The van der Waals surface area contributed by atoms with Gasteiger partial charge in [-0.15, -0.1) is 12.4 Å². The second-order valence-electron chi connectivity index (χ2n) is 6.13. The molecule has 1 aliphatic heterocycles. The Labute approximate surface area is 165 Å². The quantitative estimate of drug-likeness (QED) is 0.620. The molecule has 154 valence electrons. The predicted octanol–water partition coefficient (Wildman–Crippen LogP) is 0.805. The second kappa shape index (κ2) is 10.1. The minimum absolute atomic E-state index is 0. The molecule has 27 heavy (non-hydrogen) atoms. The van der Waals surface area contributed by atoms with E-state index >= 15 is 0 Å². The molecule has 0 saturated carbocycles. The van der Waals surface area contributed by atoms with Crippen molar-refractivity contribution in [1.29, 1.82) is 0 Å². The van der Waals surface area contributed by atoms with Gasteiger partial charge in [0.1, 0.15) is 10.7 Å². The number of aryl methyl sites for hydroxylation is 1. The highest BCUT2D eigenvalue weighted by Gasteiger charge is 2.36. The first-order chi connectivity index (χ1) is 12.3. The summed E-state index contributed by atoms with van der Waals surface area (Å²) in [6, 6.07) is 0.834. The summed E-state index contributed by atoms with van der Waals surface area (Å²) in [7, 11) is -2.67. The summed E-state index contributed by atoms with van der Waals surface area (Å²) in [5.74, 6) is -0.975. The van der Waals surface area contributed by atoms with Crippen molar-refractivity contribution < 1.29 is 27.2 Å². The molecular weight excluding hydrogens is 398 g/mol. The summed E-state index contributed by atoms with van der Waals surface area (Å²) in [5.41, 5.74) is 5.35. The summed E-state index contributed by atoms with van der Waals surface area (Å²) >= 11 is 0. The molecular formula is C16H26ClN3O6S. The Bertz CT molecular complexity index is 764. The number of hydrogen-bond donors (Lipinski definition) is 2. The lowest BCUT2D eigenvalue weighted by molar-refractivity contribution is -0.121. The van der Waals surface area contributed by atoms with Crippen LogP contribution in [0.2, 0.25) is 0 Å². The number of nitrogens with two attached hydrogens (primary N) is 1. The number of amides is 1. The van der Waals surface area contributed by atoms with E-state index in [0.717, 1.165) is 12.8 Å². The summed E-state index contributed by atoms with van der Waals surface area (Å²) in [6.07, 6.45) is 2.44. The van der Waals surface area contributed by atoms with Gasteiger partial charge < -0.3 is 20.2 Å². The van der Waals surface area contributed by atoms with Crippen molar-refractivity contribution in [2.24, 2.45) is 5.73 Å². The monoisotopic (exact) mass is 423 g/mol. The standard InChI is InChI=1S/C16H25N3O6S.ClH/c1-11-14(9-13(25-11)16(21)24-2)26(22,23)19-8-4-3-5-12(19)10-18-15(20)6-7-17;/h9,12H,3-8,10,17H2,1-2H3,(H,18,20);1H. The maximum absolute atomic E-state index is 13.1. The number of hydrogen-bond acceptors (Lipinski definition) is 7. The molecule has 3 N–H and O–H groups in total. The first kappa shape index (κ1) is 23.4. The third kappa shape index (κ3) is 5.44. The molecule has 1 aliphatic rings. The molecule has 1 atom stereocenters. The number of nitrogens with zero attached hydrogens (tertiary/aromatic N) is 1. The van der Waals surface area contributed by atoms with Crippen molar-refractivity contribution in [3.05, 3.63) is 17.6 Å². The fraction of sp³-hybridized carbons (Fsp3) is 0.625. The summed E-state index contributed by atoms with van der Waals surface area (Å²) in [5, 5.41) is 2.73. The largest absolute Gasteiger partial charge is 0.463 e. The first-order valence-corrected chi connectivity index (χ1v) is 9.92. The molecule has 1 aromatic rings. The Kier molecular flexibility index (Phi) is 8.73. The van der Waals surface area contributed by atoms with Crippen LogP contribution >= 0.6 is 12.4 Å². The van der Waals surface area contributed by atoms with Crippen LogP contribution in [0.1, 0.15) is 42.0 Å². The molecule has 0 aliphatic carbocycles. The Morgan fingerprint density at radius 2 is 2.11 bits per heavy atom. The summed E-state index contributed by atoms with van der Waals surface area (Å²) in [6.45, 7) is 2.29. The Balaban J connectivity index is 0.00000364. The summed E-state index contributed by atoms with van der Waals surface area (Å²) in [4.78, 5) is 23.2. The molecule has 1 saturated heterocycles. The van der Waals surface area contributed by atoms with Crippen LogP contribution in [-0.2, 0) is 19.6 Å². The van der Waals surface area contributed by atoms with Gasteiger partial charge in [-0.3, -0.25) is 4.79 Å². The number of furan rings is 1. The average Bonchev–Trinajstić information content (AvgIpc) is 3.02. The van der Waals surface area contributed by atoms with Crippen molar-refractivity contribution >= 4 is 34.3 Å². The number of methoxy groups -OCH3 is 1. The molecule has 2 heterocycles. The maximum atomic E-state index is 13.1. The minimum Gasteiger partial charge on any atom is -0.463 e. The number of rotatable bonds is 7. The molecule has 0 bridgehead atoms. The van der Waals surface area contributed by atoms with Crippen LogP contribution in [0.25, 0.3) is 0 Å². The zero-order valence-electron chi connectivity index (χ0n) is 15.4. The lowest BCUT2D eigenvalue weighted by Gasteiger charge is -2.34. The Morgan fingerprint density at radius 3 is 2.74 bits per heavy atom. The highest BCUT2D eigenvalue weighted by atomic mass is 35.5. The number of esters is 1. The summed E-state index contributed by atoms with van der Waals surface area (Å²) < 4.78 is 37.4. The van der Waals surface area contributed by atoms with Crippen molar-refractivity contribution in [3.8, 4) is 0 Å². The third-order valence-corrected chi connectivity index (χ3v) is 6.38. The molecule has 0 aromatic carbocycles. The topological polar surface area (TPSA) is 132 Å². The van der Waals surface area contributed by atoms with Gasteiger partial charge in [0.2, 0.25) is 21.7 Å². The SMILES string of the molecule is COC(=O)c1cc(S(=O)(=O)N2CCCCC2CNC(=O)CCN)c(C)o1.Cl. The molecule has 1 amide bonds. The van der Waals surface area contributed by atoms with Crippen LogP contribution in [0.3, 0.4) is 0 Å². The van der Waals surface area contributed by atoms with Crippen LogP contribution in [-0.4, -0.2) is 57.4 Å². The molecule has 9 nitrogen and oxygen atoms in total. The van der Waals surface area contributed by atoms with Crippen LogP contribution in [0.5, 0.6) is 0 Å². The zero-order chi connectivity index (χ0) is 19.3. The third-order valence-electron chi connectivity index (χ3n) is 4.32. The fourth-order valence-electron chi connectivity index (χ4n) is 2.99. The number of halogens is 1. The second-order valence-corrected chi connectivity index (χ2v) is 7.99. The fourth-order valence-corrected chi connectivity index (χ4v) is 4.85. The molecule has 0 radical (unpaired) electrons. The number of carbonyl (C=O) groups is 2. The molecule has 11 heteroatoms. The first-order valence-electron chi connectivity index (χ1n) is 8.48. The number of sulfonamides is 1. The Hall–Kier alpha value is -1.62. The van der Waals surface area contributed by atoms with Gasteiger partial charge in [0.15, 0.2) is 0 Å². The minimum atomic E-state index is -3.87. The molecule has 1 aromatic heterocycles. The number of nitrogens with one attached hydrogen (secondary N) is 1. The molecule has 1 unspecified atom stereocenters. The number of ether oxygens (including phenoxy) is 1. The molecule has 0 spiro atoms. The Morgan fingerprint density at radius 1 is 1.41 bits per heavy atom. The van der Waals surface area contributed by atoms with Crippen LogP contribution in [0.4, 0.5) is 0 Å². The van der Waals surface area contributed by atoms with Gasteiger partial charge in [-0.25, -0.2) is 13.2 Å². The van der Waals surface area contributed by atoms with E-state index in [0.29, 0.717) is 13.0 Å². The lowest BCUT2D eigenvalue weighted by Crippen LogP contribution is -2.49. The van der Waals surface area contributed by atoms with Crippen molar-refractivity contribution in [2.45, 2.75) is 43.5 Å². The lowest BCUT2D eigenvalue weighted by atomic mass is 10.1. The van der Waals surface area contributed by atoms with Crippen molar-refractivity contribution in [2.75, 3.05) is 26.7 Å². The normalized spacial score (nSPS) is 17.8. The van der Waals surface area contributed by atoms with Crippen LogP contribution < -0.4 is 11.1 Å². The van der Waals surface area contributed by atoms with E-state index < -0.39 is 16.0 Å². The van der Waals surface area contributed by atoms with Gasteiger partial charge in [-0.2, -0.15) is 4.31 Å². The van der Waals surface area contributed by atoms with E-state index in [9.17, 15) is 18.0 Å². The van der Waals surface area contributed by atoms with Gasteiger partial charge in [0.25, 0.3) is 0 Å². The van der Waals surface area contributed by atoms with Gasteiger partial charge in [-0.1, -0.05) is 6.42 Å². The number of piperidine rings is 1. The smallest absolute Gasteiger partial charge is 0.373 e. The van der Waals surface area contributed by atoms with E-state index in [4.69, 9.17) is 10.2 Å². The van der Waals surface area contributed by atoms with E-state index in [1.54, 1.807) is 0 Å². The van der Waals surface area contributed by atoms with Gasteiger partial charge in [0, 0.05) is 38.2 Å². The van der Waals surface area contributed by atoms with Gasteiger partial charge in [0.05, 0.1) is 7.11 Å². The van der Waals surface area contributed by atoms with Crippen molar-refractivity contribution in [1.82, 2.24) is 9.62 Å². The molecule has 1 fully saturated rings. The highest BCUT2D eigenvalue weighted by Crippen LogP contribution is 2.29. The van der Waals surface area contributed by atoms with Gasteiger partial charge >= 0.3 is 5.97 Å².